The monoisotopic (exact) mass is 928 g/mol. The predicted octanol–water partition coefficient (Wildman–Crippen LogP) is 9.25. The first kappa shape index (κ1) is 50.0. The van der Waals surface area contributed by atoms with E-state index in [2.05, 4.69) is 18.0 Å². The molecular formula is C48H52N2O13S2. The number of fused-ring (bicyclic) bond motifs is 1. The molecular weight excluding hydrogens is 877 g/mol. The number of ether oxygens (including phenoxy) is 7. The van der Waals surface area contributed by atoms with Crippen molar-refractivity contribution < 1.29 is 61.9 Å². The maximum absolute atomic E-state index is 13.5. The van der Waals surface area contributed by atoms with Crippen LogP contribution in [-0.4, -0.2) is 62.2 Å². The standard InChI is InChI=1S/C48H52N2O13S2/c1-4-40(51)58-27-9-7-6-8-26-57-35-20-22-36(23-21-35)61-45(54)32-16-18-34(19-17-32)47(56)63-39-25-24-38(42-43(39)65-48(64-42)37(30-49)50-3)62-46(55)33-14-12-31(13-15-33)44(53)60-29-11-10-28-59-41(52)5-2/h4-5,20-25,31-34H,1-2,6-19,26-29H2/b48-37+. The van der Waals surface area contributed by atoms with Gasteiger partial charge in [0.15, 0.2) is 0 Å². The second-order valence-corrected chi connectivity index (χ2v) is 17.8. The van der Waals surface area contributed by atoms with Crippen LogP contribution in [0.5, 0.6) is 23.0 Å². The minimum Gasteiger partial charge on any atom is -0.494 e. The van der Waals surface area contributed by atoms with Crippen LogP contribution in [0.15, 0.2) is 81.4 Å². The molecule has 0 N–H and O–H groups in total. The van der Waals surface area contributed by atoms with Gasteiger partial charge in [-0.3, -0.25) is 19.2 Å². The van der Waals surface area contributed by atoms with Crippen LogP contribution in [0.1, 0.15) is 89.9 Å². The van der Waals surface area contributed by atoms with E-state index in [4.69, 9.17) is 39.7 Å². The van der Waals surface area contributed by atoms with E-state index >= 15 is 0 Å². The van der Waals surface area contributed by atoms with Crippen molar-refractivity contribution in [1.82, 2.24) is 0 Å². The Morgan fingerprint density at radius 2 is 0.985 bits per heavy atom. The van der Waals surface area contributed by atoms with Gasteiger partial charge in [-0.15, -0.1) is 0 Å². The molecule has 3 aliphatic rings. The molecule has 0 bridgehead atoms. The SMILES string of the molecule is [C-]#[N+]/C(C#N)=C1\Sc2c(OC(=O)C3CCC(C(=O)OCCCCOC(=O)C=C)CC3)ccc(OC(=O)C3CCC(C(=O)Oc4ccc(OCCCCCCOC(=O)C=C)cc4)CC3)c2S1. The average molecular weight is 929 g/mol. The molecule has 2 fully saturated rings. The summed E-state index contributed by atoms with van der Waals surface area (Å²) in [5, 5.41) is 9.62. The van der Waals surface area contributed by atoms with Crippen molar-refractivity contribution in [2.45, 2.75) is 99.7 Å². The summed E-state index contributed by atoms with van der Waals surface area (Å²) in [5.41, 5.74) is -0.146. The summed E-state index contributed by atoms with van der Waals surface area (Å²) in [5.74, 6) is -2.82. The minimum absolute atomic E-state index is 0.146. The third-order valence-corrected chi connectivity index (χ3v) is 13.6. The Balaban J connectivity index is 1.07. The molecule has 2 saturated carbocycles. The van der Waals surface area contributed by atoms with Crippen LogP contribution < -0.4 is 18.9 Å². The van der Waals surface area contributed by atoms with E-state index < -0.39 is 41.6 Å². The van der Waals surface area contributed by atoms with Crippen LogP contribution in [0.2, 0.25) is 0 Å². The summed E-state index contributed by atoms with van der Waals surface area (Å²) in [6.45, 7) is 15.5. The highest BCUT2D eigenvalue weighted by atomic mass is 32.2. The Kier molecular flexibility index (Phi) is 20.0. The first-order chi connectivity index (χ1) is 31.5. The number of esters is 6. The first-order valence-corrected chi connectivity index (χ1v) is 23.3. The van der Waals surface area contributed by atoms with Crippen molar-refractivity contribution in [3.05, 3.63) is 83.1 Å². The molecule has 1 aliphatic heterocycles. The maximum Gasteiger partial charge on any atom is 0.330 e. The van der Waals surface area contributed by atoms with E-state index in [0.29, 0.717) is 103 Å². The number of hydrogen-bond acceptors (Lipinski definition) is 16. The van der Waals surface area contributed by atoms with Crippen molar-refractivity contribution in [2.75, 3.05) is 26.4 Å². The number of benzene rings is 2. The van der Waals surface area contributed by atoms with Crippen LogP contribution >= 0.6 is 23.5 Å². The third kappa shape index (κ3) is 15.3. The lowest BCUT2D eigenvalue weighted by molar-refractivity contribution is -0.152. The van der Waals surface area contributed by atoms with Gasteiger partial charge in [0.25, 0.3) is 5.70 Å². The molecule has 344 valence electrons. The highest BCUT2D eigenvalue weighted by Gasteiger charge is 2.36. The molecule has 0 radical (unpaired) electrons. The van der Waals surface area contributed by atoms with Crippen LogP contribution in [0.3, 0.4) is 0 Å². The highest BCUT2D eigenvalue weighted by Crippen LogP contribution is 2.59. The Morgan fingerprint density at radius 3 is 1.43 bits per heavy atom. The van der Waals surface area contributed by atoms with Gasteiger partial charge in [-0.1, -0.05) is 36.7 Å². The average Bonchev–Trinajstić information content (AvgIpc) is 3.78. The summed E-state index contributed by atoms with van der Waals surface area (Å²) >= 11 is 2.19. The quantitative estimate of drug-likeness (QED) is 0.0206. The minimum atomic E-state index is -0.503. The number of thioether (sulfide) groups is 2. The second-order valence-electron chi connectivity index (χ2n) is 15.5. The molecule has 0 atom stereocenters. The summed E-state index contributed by atoms with van der Waals surface area (Å²) in [6.07, 6.45) is 10.2. The zero-order valence-corrected chi connectivity index (χ0v) is 37.7. The van der Waals surface area contributed by atoms with Crippen molar-refractivity contribution >= 4 is 59.3 Å². The number of nitriles is 1. The normalized spacial score (nSPS) is 19.4. The summed E-state index contributed by atoms with van der Waals surface area (Å²) < 4.78 is 38.9. The van der Waals surface area contributed by atoms with Gasteiger partial charge in [-0.05, 0) is 126 Å². The Morgan fingerprint density at radius 1 is 0.585 bits per heavy atom. The maximum atomic E-state index is 13.5. The molecule has 15 nitrogen and oxygen atoms in total. The van der Waals surface area contributed by atoms with Crippen molar-refractivity contribution in [3.63, 3.8) is 0 Å². The predicted molar refractivity (Wildman–Crippen MR) is 238 cm³/mol. The molecule has 0 unspecified atom stereocenters. The number of hydrogen-bond donors (Lipinski definition) is 0. The van der Waals surface area contributed by atoms with Crippen molar-refractivity contribution in [2.24, 2.45) is 23.7 Å². The number of nitrogens with zero attached hydrogens (tertiary/aromatic N) is 2. The Hall–Kier alpha value is -6.04. The van der Waals surface area contributed by atoms with Gasteiger partial charge in [0, 0.05) is 12.2 Å². The fourth-order valence-electron chi connectivity index (χ4n) is 7.32. The first-order valence-electron chi connectivity index (χ1n) is 21.7. The van der Waals surface area contributed by atoms with Gasteiger partial charge < -0.3 is 33.2 Å². The molecule has 65 heavy (non-hydrogen) atoms. The summed E-state index contributed by atoms with van der Waals surface area (Å²) in [7, 11) is 0. The number of rotatable bonds is 22. The molecule has 17 heteroatoms. The fraction of sp³-hybridized carbons (Fsp3) is 0.458. The largest absolute Gasteiger partial charge is 0.494 e. The third-order valence-electron chi connectivity index (χ3n) is 11.0. The van der Waals surface area contributed by atoms with Gasteiger partial charge >= 0.3 is 35.8 Å². The van der Waals surface area contributed by atoms with E-state index in [0.717, 1.165) is 61.4 Å². The van der Waals surface area contributed by atoms with Crippen LogP contribution in [0, 0.1) is 41.6 Å². The molecule has 5 rings (SSSR count). The Bertz CT molecular complexity index is 2160. The molecule has 2 aliphatic carbocycles. The topological polar surface area (TPSA) is 195 Å². The molecule has 1 heterocycles. The lowest BCUT2D eigenvalue weighted by Gasteiger charge is -2.26. The second kappa shape index (κ2) is 26.1. The van der Waals surface area contributed by atoms with Gasteiger partial charge in [-0.2, -0.15) is 0 Å². The number of unbranched alkanes of at least 4 members (excludes halogenated alkanes) is 4. The van der Waals surface area contributed by atoms with Gasteiger partial charge in [0.2, 0.25) is 0 Å². The smallest absolute Gasteiger partial charge is 0.330 e. The molecule has 2 aromatic carbocycles. The summed E-state index contributed by atoms with van der Waals surface area (Å²) in [4.78, 5) is 79.1. The highest BCUT2D eigenvalue weighted by molar-refractivity contribution is 8.24. The van der Waals surface area contributed by atoms with Gasteiger partial charge in [0.05, 0.1) is 76.8 Å². The van der Waals surface area contributed by atoms with Crippen LogP contribution in [0.4, 0.5) is 0 Å². The number of carbonyl (C=O) groups is 6. The Labute approximate surface area is 387 Å². The fourth-order valence-corrected chi connectivity index (χ4v) is 9.79. The van der Waals surface area contributed by atoms with Crippen LogP contribution in [-0.2, 0) is 43.0 Å². The van der Waals surface area contributed by atoms with E-state index in [1.54, 1.807) is 24.3 Å². The molecule has 0 amide bonds. The zero-order chi connectivity index (χ0) is 46.6. The van der Waals surface area contributed by atoms with Gasteiger partial charge in [-0.25, -0.2) is 19.7 Å². The number of carbonyl (C=O) groups excluding carboxylic acids is 6. The molecule has 0 saturated heterocycles. The van der Waals surface area contributed by atoms with E-state index in [-0.39, 0.29) is 48.3 Å². The number of allylic oxidation sites excluding steroid dienone is 1. The zero-order valence-electron chi connectivity index (χ0n) is 36.1. The molecule has 2 aromatic rings. The lowest BCUT2D eigenvalue weighted by atomic mass is 9.82. The summed E-state index contributed by atoms with van der Waals surface area (Å²) in [6, 6.07) is 11.8. The molecule has 0 aromatic heterocycles. The van der Waals surface area contributed by atoms with E-state index in [1.165, 1.54) is 12.1 Å². The van der Waals surface area contributed by atoms with Crippen LogP contribution in [0.25, 0.3) is 4.85 Å². The molecule has 0 spiro atoms. The van der Waals surface area contributed by atoms with Crippen molar-refractivity contribution in [1.29, 1.82) is 5.26 Å². The lowest BCUT2D eigenvalue weighted by Crippen LogP contribution is -2.30. The van der Waals surface area contributed by atoms with E-state index in [9.17, 15) is 34.0 Å². The van der Waals surface area contributed by atoms with E-state index in [1.807, 2.05) is 6.07 Å². The van der Waals surface area contributed by atoms with Gasteiger partial charge in [0.1, 0.15) is 23.0 Å². The van der Waals surface area contributed by atoms with Crippen molar-refractivity contribution in [3.8, 4) is 29.1 Å².